The van der Waals surface area contributed by atoms with E-state index in [-0.39, 0.29) is 36.6 Å². The number of aliphatic hydroxyl groups excluding tert-OH is 1. The number of methoxy groups -OCH3 is 1. The Bertz CT molecular complexity index is 1100. The average molecular weight is 465 g/mol. The summed E-state index contributed by atoms with van der Waals surface area (Å²) in [6.45, 7) is 2.41. The molecule has 34 heavy (non-hydrogen) atoms. The van der Waals surface area contributed by atoms with E-state index in [9.17, 15) is 20.0 Å². The van der Waals surface area contributed by atoms with Gasteiger partial charge in [-0.1, -0.05) is 48.5 Å². The number of benzene rings is 3. The fraction of sp³-hybridized carbons (Fsp3) is 0.269. The molecule has 8 heteroatoms. The van der Waals surface area contributed by atoms with Crippen LogP contribution in [0.5, 0.6) is 5.75 Å². The van der Waals surface area contributed by atoms with E-state index in [1.165, 1.54) is 19.2 Å². The van der Waals surface area contributed by atoms with Crippen LogP contribution >= 0.6 is 0 Å². The maximum absolute atomic E-state index is 11.6. The Balaban J connectivity index is 1.57. The topological polar surface area (TPSA) is 111 Å². The zero-order chi connectivity index (χ0) is 24.5. The van der Waals surface area contributed by atoms with Gasteiger partial charge in [-0.2, -0.15) is 0 Å². The summed E-state index contributed by atoms with van der Waals surface area (Å²) in [6.07, 6.45) is -0.244. The molecule has 0 amide bonds. The van der Waals surface area contributed by atoms with E-state index in [0.29, 0.717) is 17.5 Å². The Kier molecular flexibility index (Phi) is 8.73. The molecule has 3 rings (SSSR count). The van der Waals surface area contributed by atoms with Gasteiger partial charge in [-0.15, -0.1) is 0 Å². The fourth-order valence-electron chi connectivity index (χ4n) is 3.49. The number of carbonyl (C=O) groups is 1. The third-order valence-electron chi connectivity index (χ3n) is 5.38. The van der Waals surface area contributed by atoms with Crippen LogP contribution < -0.4 is 10.1 Å². The number of aliphatic hydroxyl groups is 1. The second-order valence-corrected chi connectivity index (χ2v) is 7.98. The van der Waals surface area contributed by atoms with Gasteiger partial charge in [-0.05, 0) is 48.2 Å². The van der Waals surface area contributed by atoms with Crippen LogP contribution in [-0.4, -0.2) is 35.7 Å². The van der Waals surface area contributed by atoms with Crippen LogP contribution in [-0.2, 0) is 17.8 Å². The highest BCUT2D eigenvalue weighted by Crippen LogP contribution is 2.31. The summed E-state index contributed by atoms with van der Waals surface area (Å²) in [6, 6.07) is 21.1. The summed E-state index contributed by atoms with van der Waals surface area (Å²) in [4.78, 5) is 22.6. The van der Waals surface area contributed by atoms with Gasteiger partial charge < -0.3 is 19.9 Å². The molecule has 0 spiro atoms. The van der Waals surface area contributed by atoms with Crippen molar-refractivity contribution < 1.29 is 24.3 Å². The Morgan fingerprint density at radius 3 is 2.41 bits per heavy atom. The number of esters is 1. The lowest BCUT2D eigenvalue weighted by Crippen LogP contribution is -2.32. The van der Waals surface area contributed by atoms with Crippen molar-refractivity contribution in [2.45, 2.75) is 32.1 Å². The largest absolute Gasteiger partial charge is 0.482 e. The molecule has 8 nitrogen and oxygen atoms in total. The van der Waals surface area contributed by atoms with Gasteiger partial charge in [0.2, 0.25) is 0 Å². The number of rotatable bonds is 11. The lowest BCUT2D eigenvalue weighted by Gasteiger charge is -2.18. The first-order valence-electron chi connectivity index (χ1n) is 10.9. The van der Waals surface area contributed by atoms with E-state index in [0.717, 1.165) is 11.1 Å². The minimum atomic E-state index is -0.925. The van der Waals surface area contributed by atoms with Crippen molar-refractivity contribution in [3.63, 3.8) is 0 Å². The Labute approximate surface area is 198 Å². The number of nitro benzene ring substituents is 1. The minimum Gasteiger partial charge on any atom is -0.482 e. The molecule has 0 heterocycles. The first-order valence-corrected chi connectivity index (χ1v) is 10.9. The highest BCUT2D eigenvalue weighted by molar-refractivity contribution is 5.89. The van der Waals surface area contributed by atoms with E-state index in [1.807, 2.05) is 49.4 Å². The number of ether oxygens (including phenoxy) is 2. The lowest BCUT2D eigenvalue weighted by molar-refractivity contribution is -0.386. The van der Waals surface area contributed by atoms with Crippen molar-refractivity contribution in [2.24, 2.45) is 0 Å². The van der Waals surface area contributed by atoms with Crippen LogP contribution in [0.4, 0.5) is 5.69 Å². The average Bonchev–Trinajstić information content (AvgIpc) is 2.86. The standard InChI is InChI=1S/C26H28N2O6/c1-18(14-19-8-10-21(11-9-19)26(30)33-2)27-16-24(29)22-12-13-25(23(15-22)28(31)32)34-17-20-6-4-3-5-7-20/h3-13,15,18,24,27,29H,14,16-17H2,1-2H3. The Morgan fingerprint density at radius 2 is 1.76 bits per heavy atom. The molecule has 3 aromatic rings. The smallest absolute Gasteiger partial charge is 0.337 e. The van der Waals surface area contributed by atoms with Gasteiger partial charge in [0.15, 0.2) is 5.75 Å². The van der Waals surface area contributed by atoms with Crippen LogP contribution in [0.1, 0.15) is 40.1 Å². The predicted molar refractivity (Wildman–Crippen MR) is 128 cm³/mol. The highest BCUT2D eigenvalue weighted by Gasteiger charge is 2.20. The van der Waals surface area contributed by atoms with Gasteiger partial charge in [0, 0.05) is 18.7 Å². The normalized spacial score (nSPS) is 12.6. The summed E-state index contributed by atoms with van der Waals surface area (Å²) in [5.74, 6) is -0.229. The second-order valence-electron chi connectivity index (χ2n) is 7.98. The molecule has 0 aliphatic heterocycles. The monoisotopic (exact) mass is 464 g/mol. The molecule has 0 aromatic heterocycles. The van der Waals surface area contributed by atoms with E-state index in [2.05, 4.69) is 5.32 Å². The molecular formula is C26H28N2O6. The third kappa shape index (κ3) is 6.87. The predicted octanol–water partition coefficient (Wildman–Crippen LogP) is 4.21. The summed E-state index contributed by atoms with van der Waals surface area (Å²) >= 11 is 0. The molecule has 0 bridgehead atoms. The summed E-state index contributed by atoms with van der Waals surface area (Å²) < 4.78 is 10.3. The summed E-state index contributed by atoms with van der Waals surface area (Å²) in [5.41, 5.74) is 2.66. The number of carbonyl (C=O) groups excluding carboxylic acids is 1. The molecule has 0 saturated carbocycles. The van der Waals surface area contributed by atoms with Gasteiger partial charge in [0.05, 0.1) is 23.7 Å². The Morgan fingerprint density at radius 1 is 1.06 bits per heavy atom. The van der Waals surface area contributed by atoms with Crippen LogP contribution in [0.25, 0.3) is 0 Å². The molecule has 3 aromatic carbocycles. The van der Waals surface area contributed by atoms with Crippen molar-refractivity contribution in [3.8, 4) is 5.75 Å². The number of hydrogen-bond acceptors (Lipinski definition) is 7. The van der Waals surface area contributed by atoms with Crippen LogP contribution in [0, 0.1) is 10.1 Å². The molecule has 0 aliphatic carbocycles. The maximum Gasteiger partial charge on any atom is 0.337 e. The van der Waals surface area contributed by atoms with Gasteiger partial charge in [-0.3, -0.25) is 10.1 Å². The first kappa shape index (κ1) is 24.9. The van der Waals surface area contributed by atoms with Crippen molar-refractivity contribution in [3.05, 3.63) is 105 Å². The second kappa shape index (κ2) is 11.9. The van der Waals surface area contributed by atoms with Crippen molar-refractivity contribution in [1.29, 1.82) is 0 Å². The van der Waals surface area contributed by atoms with Gasteiger partial charge in [0.1, 0.15) is 6.61 Å². The van der Waals surface area contributed by atoms with E-state index < -0.39 is 11.0 Å². The highest BCUT2D eigenvalue weighted by atomic mass is 16.6. The molecular weight excluding hydrogens is 436 g/mol. The fourth-order valence-corrected chi connectivity index (χ4v) is 3.49. The molecule has 0 saturated heterocycles. The molecule has 178 valence electrons. The van der Waals surface area contributed by atoms with E-state index >= 15 is 0 Å². The zero-order valence-corrected chi connectivity index (χ0v) is 19.1. The zero-order valence-electron chi connectivity index (χ0n) is 19.1. The van der Waals surface area contributed by atoms with Gasteiger partial charge in [-0.25, -0.2) is 4.79 Å². The maximum atomic E-state index is 11.6. The minimum absolute atomic E-state index is 0.0297. The summed E-state index contributed by atoms with van der Waals surface area (Å²) in [5, 5.41) is 25.4. The van der Waals surface area contributed by atoms with Crippen LogP contribution in [0.15, 0.2) is 72.8 Å². The summed E-state index contributed by atoms with van der Waals surface area (Å²) in [7, 11) is 1.34. The van der Waals surface area contributed by atoms with E-state index in [1.54, 1.807) is 18.2 Å². The van der Waals surface area contributed by atoms with Crippen molar-refractivity contribution >= 4 is 11.7 Å². The lowest BCUT2D eigenvalue weighted by atomic mass is 10.0. The first-order chi connectivity index (χ1) is 16.4. The molecule has 2 atom stereocenters. The molecule has 2 N–H and O–H groups in total. The SMILES string of the molecule is COC(=O)c1ccc(CC(C)NCC(O)c2ccc(OCc3ccccc3)c([N+](=O)[O-])c2)cc1. The van der Waals surface area contributed by atoms with Crippen LogP contribution in [0.2, 0.25) is 0 Å². The number of nitrogens with one attached hydrogen (secondary N) is 1. The van der Waals surface area contributed by atoms with Crippen molar-refractivity contribution in [1.82, 2.24) is 5.32 Å². The third-order valence-corrected chi connectivity index (χ3v) is 5.38. The number of hydrogen-bond donors (Lipinski definition) is 2. The van der Waals surface area contributed by atoms with Crippen LogP contribution in [0.3, 0.4) is 0 Å². The molecule has 2 unspecified atom stereocenters. The molecule has 0 fully saturated rings. The molecule has 0 radical (unpaired) electrons. The number of nitro groups is 1. The quantitative estimate of drug-likeness (QED) is 0.248. The molecule has 0 aliphatic rings. The van der Waals surface area contributed by atoms with Gasteiger partial charge in [0.25, 0.3) is 0 Å². The van der Waals surface area contributed by atoms with Crippen molar-refractivity contribution in [2.75, 3.05) is 13.7 Å². The van der Waals surface area contributed by atoms with Gasteiger partial charge >= 0.3 is 11.7 Å². The number of nitrogens with zero attached hydrogens (tertiary/aromatic N) is 1. The van der Waals surface area contributed by atoms with E-state index in [4.69, 9.17) is 9.47 Å². The Hall–Kier alpha value is -3.75.